The lowest BCUT2D eigenvalue weighted by Gasteiger charge is -2.44. The van der Waals surface area contributed by atoms with Crippen LogP contribution < -0.4 is 14.2 Å². The smallest absolute Gasteiger partial charge is 0.144 e. The lowest BCUT2D eigenvalue weighted by Crippen LogP contribution is -2.42. The maximum atomic E-state index is 14.1. The molecule has 2 aromatic rings. The van der Waals surface area contributed by atoms with Gasteiger partial charge in [-0.25, -0.2) is 0 Å². The van der Waals surface area contributed by atoms with Crippen LogP contribution in [-0.4, -0.2) is 57.8 Å². The van der Waals surface area contributed by atoms with Crippen molar-refractivity contribution < 1.29 is 24.1 Å². The van der Waals surface area contributed by atoms with Crippen molar-refractivity contribution in [1.29, 1.82) is 0 Å². The van der Waals surface area contributed by atoms with E-state index in [1.807, 2.05) is 34.9 Å². The fraction of sp³-hybridized carbons (Fsp3) is 0.536. The summed E-state index contributed by atoms with van der Waals surface area (Å²) in [5, 5.41) is 11.9. The third-order valence-electron chi connectivity index (χ3n) is 8.28. The van der Waals surface area contributed by atoms with E-state index >= 15 is 0 Å². The number of halogens is 2. The van der Waals surface area contributed by atoms with Crippen LogP contribution in [0.2, 0.25) is 10.0 Å². The van der Waals surface area contributed by atoms with E-state index < -0.39 is 11.8 Å². The molecule has 1 N–H and O–H groups in total. The van der Waals surface area contributed by atoms with Crippen LogP contribution >= 0.6 is 23.2 Å². The largest absolute Gasteiger partial charge is 0.496 e. The zero-order chi connectivity index (χ0) is 26.6. The van der Waals surface area contributed by atoms with Crippen molar-refractivity contribution >= 4 is 29.0 Å². The second kappa shape index (κ2) is 10.1. The van der Waals surface area contributed by atoms with Gasteiger partial charge in [0.1, 0.15) is 23.0 Å². The molecule has 0 fully saturated rings. The minimum atomic E-state index is -0.457. The average molecular weight is 536 g/mol. The number of benzene rings is 2. The Balaban J connectivity index is 2.07. The van der Waals surface area contributed by atoms with E-state index in [-0.39, 0.29) is 30.8 Å². The first kappa shape index (κ1) is 27.1. The van der Waals surface area contributed by atoms with E-state index in [9.17, 15) is 9.90 Å². The Labute approximate surface area is 223 Å². The van der Waals surface area contributed by atoms with E-state index in [1.165, 1.54) is 0 Å². The third-order valence-corrected chi connectivity index (χ3v) is 9.16. The Bertz CT molecular complexity index is 1230. The molecule has 0 saturated carbocycles. The van der Waals surface area contributed by atoms with Crippen molar-refractivity contribution in [3.05, 3.63) is 49.0 Å². The van der Waals surface area contributed by atoms with Gasteiger partial charge < -0.3 is 24.2 Å². The molecule has 196 valence electrons. The minimum absolute atomic E-state index is 0.0469. The average Bonchev–Trinajstić information content (AvgIpc) is 2.97. The molecule has 0 spiro atoms. The van der Waals surface area contributed by atoms with Gasteiger partial charge in [0.2, 0.25) is 0 Å². The molecule has 0 saturated heterocycles. The molecule has 2 aliphatic rings. The van der Waals surface area contributed by atoms with Gasteiger partial charge in [0.15, 0.2) is 0 Å². The quantitative estimate of drug-likeness (QED) is 0.564. The Morgan fingerprint density at radius 1 is 0.861 bits per heavy atom. The number of Topliss-reactive ketones (excluding diaryl/α,β-unsaturated/α-hetero) is 1. The predicted octanol–water partition coefficient (Wildman–Crippen LogP) is 5.24. The van der Waals surface area contributed by atoms with E-state index in [1.54, 1.807) is 21.3 Å². The van der Waals surface area contributed by atoms with Gasteiger partial charge in [-0.1, -0.05) is 23.2 Å². The minimum Gasteiger partial charge on any atom is -0.496 e. The molecule has 0 bridgehead atoms. The van der Waals surface area contributed by atoms with Crippen LogP contribution in [0.5, 0.6) is 17.2 Å². The van der Waals surface area contributed by atoms with Gasteiger partial charge >= 0.3 is 0 Å². The molecule has 6 nitrogen and oxygen atoms in total. The number of fused-ring (bicyclic) bond motifs is 3. The number of hydrogen-bond donors (Lipinski definition) is 1. The summed E-state index contributed by atoms with van der Waals surface area (Å²) in [6.45, 7) is 5.64. The second-order valence-electron chi connectivity index (χ2n) is 10.1. The van der Waals surface area contributed by atoms with E-state index in [2.05, 4.69) is 4.90 Å². The molecular weight excluding hydrogens is 501 g/mol. The number of nitrogens with zero attached hydrogens (tertiary/aromatic N) is 1. The molecule has 4 rings (SSSR count). The van der Waals surface area contributed by atoms with Crippen LogP contribution in [-0.2, 0) is 17.6 Å². The first-order valence-electron chi connectivity index (χ1n) is 12.1. The van der Waals surface area contributed by atoms with Crippen LogP contribution in [0.1, 0.15) is 50.9 Å². The topological polar surface area (TPSA) is 68.2 Å². The highest BCUT2D eigenvalue weighted by atomic mass is 35.5. The van der Waals surface area contributed by atoms with E-state index in [0.717, 1.165) is 38.9 Å². The van der Waals surface area contributed by atoms with Crippen LogP contribution in [0.25, 0.3) is 0 Å². The lowest BCUT2D eigenvalue weighted by atomic mass is 9.64. The number of aliphatic hydroxyl groups excluding tert-OH is 1. The van der Waals surface area contributed by atoms with E-state index in [4.69, 9.17) is 37.4 Å². The predicted molar refractivity (Wildman–Crippen MR) is 142 cm³/mol. The summed E-state index contributed by atoms with van der Waals surface area (Å²) in [4.78, 5) is 16.2. The number of aliphatic hydroxyl groups is 1. The van der Waals surface area contributed by atoms with Crippen molar-refractivity contribution in [2.24, 2.45) is 11.8 Å². The van der Waals surface area contributed by atoms with Gasteiger partial charge in [0.05, 0.1) is 33.0 Å². The molecule has 0 aliphatic heterocycles. The number of carbonyl (C=O) groups excluding carboxylic acids is 1. The highest BCUT2D eigenvalue weighted by Crippen LogP contribution is 2.57. The monoisotopic (exact) mass is 535 g/mol. The number of hydrogen-bond acceptors (Lipinski definition) is 6. The second-order valence-corrected chi connectivity index (χ2v) is 10.9. The van der Waals surface area contributed by atoms with Gasteiger partial charge in [-0.3, -0.25) is 4.79 Å². The van der Waals surface area contributed by atoms with Gasteiger partial charge in [-0.15, -0.1) is 0 Å². The van der Waals surface area contributed by atoms with Gasteiger partial charge in [-0.05, 0) is 69.5 Å². The third kappa shape index (κ3) is 3.80. The molecule has 2 aromatic carbocycles. The van der Waals surface area contributed by atoms with Crippen LogP contribution in [0.15, 0.2) is 0 Å². The maximum absolute atomic E-state index is 14.1. The summed E-state index contributed by atoms with van der Waals surface area (Å²) in [6, 6.07) is -0.238. The highest BCUT2D eigenvalue weighted by Gasteiger charge is 2.50. The molecule has 4 atom stereocenters. The molecule has 8 heteroatoms. The van der Waals surface area contributed by atoms with Crippen molar-refractivity contribution in [2.45, 2.75) is 45.6 Å². The SMILES string of the molecule is COc1c(C)c(OC)c2c(c1Cl)C(N(C)C)[C@@H]1Cc3c(Cl)c(C)c(C)c(OC)c3[C@H](CO)C1C(=O)C2. The Hall–Kier alpha value is -1.99. The van der Waals surface area contributed by atoms with Crippen molar-refractivity contribution in [2.75, 3.05) is 42.0 Å². The first-order valence-corrected chi connectivity index (χ1v) is 12.9. The Morgan fingerprint density at radius 3 is 2.00 bits per heavy atom. The summed E-state index contributed by atoms with van der Waals surface area (Å²) in [7, 11) is 8.80. The molecular formula is C28H35Cl2NO5. The summed E-state index contributed by atoms with van der Waals surface area (Å²) in [5.74, 6) is 0.817. The van der Waals surface area contributed by atoms with Crippen LogP contribution in [0.4, 0.5) is 0 Å². The highest BCUT2D eigenvalue weighted by molar-refractivity contribution is 6.33. The molecule has 0 heterocycles. The lowest BCUT2D eigenvalue weighted by molar-refractivity contribution is -0.126. The summed E-state index contributed by atoms with van der Waals surface area (Å²) < 4.78 is 17.4. The van der Waals surface area contributed by atoms with Gasteiger partial charge in [-0.2, -0.15) is 0 Å². The number of rotatable bonds is 5. The molecule has 0 aromatic heterocycles. The first-order chi connectivity index (χ1) is 17.0. The zero-order valence-electron chi connectivity index (χ0n) is 22.2. The Kier molecular flexibility index (Phi) is 7.55. The van der Waals surface area contributed by atoms with Crippen LogP contribution in [0, 0.1) is 32.6 Å². The molecule has 36 heavy (non-hydrogen) atoms. The van der Waals surface area contributed by atoms with E-state index in [0.29, 0.717) is 33.7 Å². The maximum Gasteiger partial charge on any atom is 0.144 e. The van der Waals surface area contributed by atoms with Crippen molar-refractivity contribution in [3.63, 3.8) is 0 Å². The van der Waals surface area contributed by atoms with Gasteiger partial charge in [0.25, 0.3) is 0 Å². The molecule has 0 radical (unpaired) electrons. The summed E-state index contributed by atoms with van der Waals surface area (Å²) in [5.41, 5.74) is 6.04. The van der Waals surface area contributed by atoms with Crippen LogP contribution in [0.3, 0.4) is 0 Å². The number of carbonyl (C=O) groups is 1. The van der Waals surface area contributed by atoms with Crippen molar-refractivity contribution in [3.8, 4) is 17.2 Å². The number of ether oxygens (including phenoxy) is 3. The van der Waals surface area contributed by atoms with Crippen molar-refractivity contribution in [1.82, 2.24) is 4.90 Å². The van der Waals surface area contributed by atoms with Gasteiger partial charge in [0, 0.05) is 46.0 Å². The zero-order valence-corrected chi connectivity index (χ0v) is 23.7. The fourth-order valence-corrected chi connectivity index (χ4v) is 7.48. The standard InChI is InChI=1S/C28H35Cl2NO5/c1-12-13(2)27(35-7)21-15(23(12)29)9-16-20(18(21)11-32)19(33)10-17-22(25(16)31(4)5)24(30)28(36-8)14(3)26(17)34-6/h16,18,20,25,32H,9-11H2,1-8H3/t16-,18-,20?,25?/m1/s1. The summed E-state index contributed by atoms with van der Waals surface area (Å²) >= 11 is 14.0. The normalized spacial score (nSPS) is 23.1. The molecule has 2 aliphatic carbocycles. The molecule has 0 amide bonds. The molecule has 2 unspecified atom stereocenters. The number of methoxy groups -OCH3 is 3. The summed E-state index contributed by atoms with van der Waals surface area (Å²) in [6.07, 6.45) is 0.705. The number of ketones is 1. The fourth-order valence-electron chi connectivity index (χ4n) is 6.71. The Morgan fingerprint density at radius 2 is 1.47 bits per heavy atom.